The molecule has 2 N–H and O–H groups in total. The molecule has 0 saturated carbocycles. The molecule has 0 saturated heterocycles. The fourth-order valence-electron chi connectivity index (χ4n) is 2.45. The highest BCUT2D eigenvalue weighted by Crippen LogP contribution is 2.39. The number of hydrogen-bond donors (Lipinski definition) is 1. The van der Waals surface area contributed by atoms with Crippen LogP contribution in [0.25, 0.3) is 0 Å². The topological polar surface area (TPSA) is 74.2 Å². The summed E-state index contributed by atoms with van der Waals surface area (Å²) in [5.74, 6) is 1.34. The van der Waals surface area contributed by atoms with Gasteiger partial charge in [0.05, 0.1) is 12.5 Å². The number of aromatic nitrogens is 2. The molecule has 19 heavy (non-hydrogen) atoms. The Kier molecular flexibility index (Phi) is 2.88. The summed E-state index contributed by atoms with van der Waals surface area (Å²) in [5, 5.41) is 3.99. The van der Waals surface area contributed by atoms with Gasteiger partial charge in [0.15, 0.2) is 5.82 Å². The average Bonchev–Trinajstić information content (AvgIpc) is 2.81. The standard InChI is InChI=1S/C14H17N3O2/c1-14(15,8-18-2)13-16-12(19-17-13)11-7-9-5-3-4-6-10(9)11/h3-6,11H,7-8,15H2,1-2H3. The van der Waals surface area contributed by atoms with Gasteiger partial charge in [-0.3, -0.25) is 0 Å². The Labute approximate surface area is 111 Å². The quantitative estimate of drug-likeness (QED) is 0.902. The minimum Gasteiger partial charge on any atom is -0.382 e. The molecular formula is C14H17N3O2. The molecule has 5 heteroatoms. The van der Waals surface area contributed by atoms with Gasteiger partial charge in [-0.25, -0.2) is 0 Å². The Morgan fingerprint density at radius 3 is 3.00 bits per heavy atom. The van der Waals surface area contributed by atoms with Gasteiger partial charge in [-0.2, -0.15) is 4.98 Å². The van der Waals surface area contributed by atoms with Crippen LogP contribution in [0.2, 0.25) is 0 Å². The molecule has 2 aromatic rings. The number of nitrogens with zero attached hydrogens (tertiary/aromatic N) is 2. The highest BCUT2D eigenvalue weighted by Gasteiger charge is 2.34. The van der Waals surface area contributed by atoms with Crippen LogP contribution in [-0.4, -0.2) is 23.9 Å². The number of fused-ring (bicyclic) bond motifs is 1. The van der Waals surface area contributed by atoms with Crippen molar-refractivity contribution < 1.29 is 9.26 Å². The molecule has 0 bridgehead atoms. The van der Waals surface area contributed by atoms with Crippen LogP contribution in [0.15, 0.2) is 28.8 Å². The first-order valence-electron chi connectivity index (χ1n) is 6.31. The summed E-state index contributed by atoms with van der Waals surface area (Å²) in [7, 11) is 1.61. The summed E-state index contributed by atoms with van der Waals surface area (Å²) in [5.41, 5.74) is 8.00. The fraction of sp³-hybridized carbons (Fsp3) is 0.429. The molecule has 3 rings (SSSR count). The average molecular weight is 259 g/mol. The Morgan fingerprint density at radius 2 is 2.26 bits per heavy atom. The van der Waals surface area contributed by atoms with Gasteiger partial charge in [0.2, 0.25) is 5.89 Å². The molecule has 2 atom stereocenters. The lowest BCUT2D eigenvalue weighted by Gasteiger charge is -2.26. The van der Waals surface area contributed by atoms with Gasteiger partial charge in [-0.1, -0.05) is 29.4 Å². The van der Waals surface area contributed by atoms with Crippen LogP contribution in [0.3, 0.4) is 0 Å². The molecule has 100 valence electrons. The fourth-order valence-corrected chi connectivity index (χ4v) is 2.45. The first-order chi connectivity index (χ1) is 9.12. The van der Waals surface area contributed by atoms with Crippen molar-refractivity contribution in [1.29, 1.82) is 0 Å². The van der Waals surface area contributed by atoms with Crippen LogP contribution >= 0.6 is 0 Å². The number of hydrogen-bond acceptors (Lipinski definition) is 5. The van der Waals surface area contributed by atoms with Crippen molar-refractivity contribution in [3.63, 3.8) is 0 Å². The van der Waals surface area contributed by atoms with Gasteiger partial charge < -0.3 is 15.0 Å². The van der Waals surface area contributed by atoms with Crippen LogP contribution in [0.5, 0.6) is 0 Å². The molecule has 0 fully saturated rings. The molecule has 0 radical (unpaired) electrons. The van der Waals surface area contributed by atoms with E-state index in [-0.39, 0.29) is 5.92 Å². The molecule has 5 nitrogen and oxygen atoms in total. The molecule has 0 aliphatic heterocycles. The third-order valence-corrected chi connectivity index (χ3v) is 3.55. The lowest BCUT2D eigenvalue weighted by atomic mass is 9.77. The van der Waals surface area contributed by atoms with E-state index in [1.807, 2.05) is 19.1 Å². The third-order valence-electron chi connectivity index (χ3n) is 3.55. The summed E-state index contributed by atoms with van der Waals surface area (Å²) < 4.78 is 10.4. The lowest BCUT2D eigenvalue weighted by molar-refractivity contribution is 0.135. The zero-order valence-corrected chi connectivity index (χ0v) is 11.1. The summed E-state index contributed by atoms with van der Waals surface area (Å²) in [4.78, 5) is 4.44. The molecule has 1 aliphatic rings. The molecule has 0 spiro atoms. The summed E-state index contributed by atoms with van der Waals surface area (Å²) in [6, 6.07) is 8.30. The summed E-state index contributed by atoms with van der Waals surface area (Å²) in [6.07, 6.45) is 0.948. The van der Waals surface area contributed by atoms with Gasteiger partial charge in [0.1, 0.15) is 5.54 Å². The van der Waals surface area contributed by atoms with E-state index in [1.165, 1.54) is 11.1 Å². The van der Waals surface area contributed by atoms with E-state index in [2.05, 4.69) is 22.3 Å². The number of rotatable bonds is 4. The molecule has 1 aromatic heterocycles. The largest absolute Gasteiger partial charge is 0.382 e. The second kappa shape index (κ2) is 4.43. The van der Waals surface area contributed by atoms with Crippen LogP contribution in [0.1, 0.15) is 35.7 Å². The molecular weight excluding hydrogens is 242 g/mol. The van der Waals surface area contributed by atoms with Gasteiger partial charge in [0, 0.05) is 7.11 Å². The smallest absolute Gasteiger partial charge is 0.234 e. The lowest BCUT2D eigenvalue weighted by Crippen LogP contribution is -2.39. The van der Waals surface area contributed by atoms with Crippen molar-refractivity contribution in [3.05, 3.63) is 47.1 Å². The monoisotopic (exact) mass is 259 g/mol. The Hall–Kier alpha value is -1.72. The van der Waals surface area contributed by atoms with E-state index in [0.717, 1.165) is 6.42 Å². The second-order valence-electron chi connectivity index (χ2n) is 5.26. The van der Waals surface area contributed by atoms with E-state index in [0.29, 0.717) is 18.3 Å². The molecule has 1 aromatic carbocycles. The zero-order chi connectivity index (χ0) is 13.5. The molecule has 1 heterocycles. The zero-order valence-electron chi connectivity index (χ0n) is 11.1. The van der Waals surface area contributed by atoms with Gasteiger partial charge in [-0.05, 0) is 24.5 Å². The first-order valence-corrected chi connectivity index (χ1v) is 6.31. The highest BCUT2D eigenvalue weighted by atomic mass is 16.5. The van der Waals surface area contributed by atoms with Crippen molar-refractivity contribution >= 4 is 0 Å². The Morgan fingerprint density at radius 1 is 1.47 bits per heavy atom. The van der Waals surface area contributed by atoms with Crippen molar-refractivity contribution in [2.24, 2.45) is 5.73 Å². The van der Waals surface area contributed by atoms with Crippen molar-refractivity contribution in [2.45, 2.75) is 24.8 Å². The minimum absolute atomic E-state index is 0.204. The van der Waals surface area contributed by atoms with Crippen LogP contribution < -0.4 is 5.73 Å². The van der Waals surface area contributed by atoms with Crippen LogP contribution in [0, 0.1) is 0 Å². The van der Waals surface area contributed by atoms with Crippen LogP contribution in [0.4, 0.5) is 0 Å². The number of benzene rings is 1. The maximum absolute atomic E-state index is 6.11. The first kappa shape index (κ1) is 12.3. The predicted octanol–water partition coefficient (Wildman–Crippen LogP) is 1.58. The highest BCUT2D eigenvalue weighted by molar-refractivity contribution is 5.43. The van der Waals surface area contributed by atoms with Gasteiger partial charge in [-0.15, -0.1) is 0 Å². The SMILES string of the molecule is COCC(C)(N)c1noc(C2Cc3ccccc32)n1. The minimum atomic E-state index is -0.722. The van der Waals surface area contributed by atoms with E-state index in [1.54, 1.807) is 7.11 Å². The maximum Gasteiger partial charge on any atom is 0.234 e. The van der Waals surface area contributed by atoms with Gasteiger partial charge >= 0.3 is 0 Å². The van der Waals surface area contributed by atoms with E-state index in [4.69, 9.17) is 15.0 Å². The third kappa shape index (κ3) is 2.05. The number of methoxy groups -OCH3 is 1. The number of ether oxygens (including phenoxy) is 1. The summed E-state index contributed by atoms with van der Waals surface area (Å²) in [6.45, 7) is 2.19. The van der Waals surface area contributed by atoms with Crippen LogP contribution in [-0.2, 0) is 16.7 Å². The molecule has 2 unspecified atom stereocenters. The van der Waals surface area contributed by atoms with Crippen molar-refractivity contribution in [2.75, 3.05) is 13.7 Å². The molecule has 0 amide bonds. The Balaban J connectivity index is 1.84. The van der Waals surface area contributed by atoms with E-state index >= 15 is 0 Å². The predicted molar refractivity (Wildman–Crippen MR) is 69.7 cm³/mol. The van der Waals surface area contributed by atoms with Gasteiger partial charge in [0.25, 0.3) is 0 Å². The summed E-state index contributed by atoms with van der Waals surface area (Å²) >= 11 is 0. The maximum atomic E-state index is 6.11. The van der Waals surface area contributed by atoms with E-state index < -0.39 is 5.54 Å². The van der Waals surface area contributed by atoms with Crippen molar-refractivity contribution in [1.82, 2.24) is 10.1 Å². The second-order valence-corrected chi connectivity index (χ2v) is 5.26. The van der Waals surface area contributed by atoms with Crippen molar-refractivity contribution in [3.8, 4) is 0 Å². The normalized spacial score (nSPS) is 20.5. The van der Waals surface area contributed by atoms with E-state index in [9.17, 15) is 0 Å². The molecule has 1 aliphatic carbocycles. The Bertz CT molecular complexity index is 592. The number of nitrogens with two attached hydrogens (primary N) is 1.